The highest BCUT2D eigenvalue weighted by atomic mass is 19.4. The molecule has 0 radical (unpaired) electrons. The molecule has 136 valence electrons. The molecule has 2 rings (SSSR count). The van der Waals surface area contributed by atoms with Crippen molar-refractivity contribution in [2.45, 2.75) is 39.1 Å². The van der Waals surface area contributed by atoms with Gasteiger partial charge >= 0.3 is 6.18 Å². The Balaban J connectivity index is 1.86. The van der Waals surface area contributed by atoms with E-state index in [1.165, 1.54) is 12.1 Å². The van der Waals surface area contributed by atoms with Crippen molar-refractivity contribution in [2.75, 3.05) is 17.7 Å². The molecule has 6 nitrogen and oxygen atoms in total. The number of nitrogens with zero attached hydrogens (tertiary/aromatic N) is 3. The molecule has 0 fully saturated rings. The molecular weight excluding hydrogens is 335 g/mol. The summed E-state index contributed by atoms with van der Waals surface area (Å²) in [5.41, 5.74) is 5.58. The number of nitrogen functional groups attached to an aromatic ring is 1. The molecule has 1 atom stereocenters. The maximum atomic E-state index is 12.5. The van der Waals surface area contributed by atoms with Gasteiger partial charge in [-0.2, -0.15) is 28.1 Å². The summed E-state index contributed by atoms with van der Waals surface area (Å²) in [4.78, 5) is 12.0. The van der Waals surface area contributed by atoms with Gasteiger partial charge in [-0.3, -0.25) is 0 Å². The maximum Gasteiger partial charge on any atom is 0.416 e. The van der Waals surface area contributed by atoms with Crippen molar-refractivity contribution in [1.29, 1.82) is 0 Å². The number of aryl methyl sites for hydroxylation is 1. The molecule has 0 saturated heterocycles. The number of halogens is 3. The van der Waals surface area contributed by atoms with Crippen LogP contribution >= 0.6 is 0 Å². The Hall–Kier alpha value is -2.42. The van der Waals surface area contributed by atoms with Crippen LogP contribution in [0.15, 0.2) is 24.3 Å². The van der Waals surface area contributed by atoms with E-state index in [1.807, 2.05) is 6.92 Å². The average Bonchev–Trinajstić information content (AvgIpc) is 2.52. The number of ether oxygens (including phenoxy) is 1. The first kappa shape index (κ1) is 18.9. The van der Waals surface area contributed by atoms with Crippen molar-refractivity contribution < 1.29 is 17.9 Å². The molecule has 0 spiro atoms. The van der Waals surface area contributed by atoms with Gasteiger partial charge in [0.05, 0.1) is 24.8 Å². The van der Waals surface area contributed by atoms with Crippen LogP contribution in [0.1, 0.15) is 30.3 Å². The van der Waals surface area contributed by atoms with Crippen molar-refractivity contribution in [2.24, 2.45) is 0 Å². The average molecular weight is 355 g/mol. The molecule has 9 heteroatoms. The Bertz CT molecular complexity index is 671. The molecule has 0 aliphatic rings. The molecule has 2 aromatic rings. The van der Waals surface area contributed by atoms with Gasteiger partial charge < -0.3 is 15.8 Å². The first-order valence-corrected chi connectivity index (χ1v) is 7.76. The molecule has 1 heterocycles. The van der Waals surface area contributed by atoms with Crippen LogP contribution < -0.4 is 11.1 Å². The largest absolute Gasteiger partial charge is 0.416 e. The number of nitrogens with two attached hydrogens (primary N) is 1. The zero-order valence-electron chi connectivity index (χ0n) is 14.0. The lowest BCUT2D eigenvalue weighted by molar-refractivity contribution is -0.137. The van der Waals surface area contributed by atoms with Crippen LogP contribution in [0.5, 0.6) is 0 Å². The molecule has 0 aliphatic heterocycles. The van der Waals surface area contributed by atoms with E-state index in [2.05, 4.69) is 20.3 Å². The minimum Gasteiger partial charge on any atom is -0.375 e. The van der Waals surface area contributed by atoms with Crippen molar-refractivity contribution in [3.8, 4) is 0 Å². The number of nitrogens with one attached hydrogen (secondary N) is 1. The Labute approximate surface area is 143 Å². The number of aromatic nitrogens is 3. The summed E-state index contributed by atoms with van der Waals surface area (Å²) in [5, 5.41) is 3.11. The lowest BCUT2D eigenvalue weighted by atomic mass is 10.1. The molecule has 0 saturated carbocycles. The summed E-state index contributed by atoms with van der Waals surface area (Å²) >= 11 is 0. The van der Waals surface area contributed by atoms with Crippen LogP contribution in [0.4, 0.5) is 25.1 Å². The quantitative estimate of drug-likeness (QED) is 0.793. The van der Waals surface area contributed by atoms with Crippen LogP contribution in [0.25, 0.3) is 0 Å². The monoisotopic (exact) mass is 355 g/mol. The first-order valence-electron chi connectivity index (χ1n) is 7.76. The Morgan fingerprint density at radius 2 is 1.84 bits per heavy atom. The fraction of sp³-hybridized carbons (Fsp3) is 0.438. The topological polar surface area (TPSA) is 86.0 Å². The van der Waals surface area contributed by atoms with Gasteiger partial charge in [0.15, 0.2) is 0 Å². The van der Waals surface area contributed by atoms with Gasteiger partial charge in [-0.25, -0.2) is 0 Å². The molecule has 25 heavy (non-hydrogen) atoms. The van der Waals surface area contributed by atoms with Gasteiger partial charge in [-0.1, -0.05) is 19.1 Å². The minimum absolute atomic E-state index is 0.0596. The van der Waals surface area contributed by atoms with Crippen molar-refractivity contribution in [1.82, 2.24) is 15.0 Å². The summed E-state index contributed by atoms with van der Waals surface area (Å²) in [5.74, 6) is 1.01. The summed E-state index contributed by atoms with van der Waals surface area (Å²) in [6.45, 7) is 4.25. The van der Waals surface area contributed by atoms with Crippen LogP contribution in [0, 0.1) is 6.92 Å². The molecule has 0 amide bonds. The number of benzene rings is 1. The predicted molar refractivity (Wildman–Crippen MR) is 87.8 cm³/mol. The van der Waals surface area contributed by atoms with Gasteiger partial charge in [0.1, 0.15) is 5.82 Å². The third-order valence-corrected chi connectivity index (χ3v) is 3.46. The van der Waals surface area contributed by atoms with E-state index < -0.39 is 11.7 Å². The predicted octanol–water partition coefficient (Wildman–Crippen LogP) is 3.19. The Morgan fingerprint density at radius 1 is 1.16 bits per heavy atom. The number of hydrogen-bond acceptors (Lipinski definition) is 6. The van der Waals surface area contributed by atoms with Crippen LogP contribution in [0.2, 0.25) is 0 Å². The third kappa shape index (κ3) is 5.86. The summed E-state index contributed by atoms with van der Waals surface area (Å²) in [6, 6.07) is 4.85. The maximum absolute atomic E-state index is 12.5. The molecular formula is C16H20F3N5O. The van der Waals surface area contributed by atoms with E-state index >= 15 is 0 Å². The van der Waals surface area contributed by atoms with Crippen molar-refractivity contribution in [3.05, 3.63) is 41.2 Å². The normalized spacial score (nSPS) is 12.8. The van der Waals surface area contributed by atoms with Gasteiger partial charge in [-0.15, -0.1) is 0 Å². The van der Waals surface area contributed by atoms with E-state index in [4.69, 9.17) is 10.5 Å². The fourth-order valence-electron chi connectivity index (χ4n) is 2.12. The first-order chi connectivity index (χ1) is 11.8. The Kier molecular flexibility index (Phi) is 6.13. The Morgan fingerprint density at radius 3 is 2.40 bits per heavy atom. The van der Waals surface area contributed by atoms with E-state index in [1.54, 1.807) is 6.92 Å². The summed E-state index contributed by atoms with van der Waals surface area (Å²) in [6.07, 6.45) is -3.58. The number of alkyl halides is 3. The van der Waals surface area contributed by atoms with E-state index in [0.29, 0.717) is 23.9 Å². The highest BCUT2D eigenvalue weighted by Crippen LogP contribution is 2.29. The number of anilines is 2. The van der Waals surface area contributed by atoms with Crippen LogP contribution in [0.3, 0.4) is 0 Å². The summed E-state index contributed by atoms with van der Waals surface area (Å²) < 4.78 is 43.2. The molecule has 3 N–H and O–H groups in total. The lowest BCUT2D eigenvalue weighted by Gasteiger charge is -2.17. The number of hydrogen-bond donors (Lipinski definition) is 2. The second kappa shape index (κ2) is 8.11. The molecule has 1 aromatic heterocycles. The van der Waals surface area contributed by atoms with Gasteiger partial charge in [0, 0.05) is 0 Å². The smallest absolute Gasteiger partial charge is 0.375 e. The zero-order chi connectivity index (χ0) is 18.4. The molecule has 0 bridgehead atoms. The van der Waals surface area contributed by atoms with Crippen LogP contribution in [-0.2, 0) is 17.5 Å². The van der Waals surface area contributed by atoms with E-state index in [0.717, 1.165) is 18.6 Å². The summed E-state index contributed by atoms with van der Waals surface area (Å²) in [7, 11) is 0. The van der Waals surface area contributed by atoms with Crippen molar-refractivity contribution in [3.63, 3.8) is 0 Å². The van der Waals surface area contributed by atoms with Gasteiger partial charge in [0.25, 0.3) is 0 Å². The van der Waals surface area contributed by atoms with Crippen molar-refractivity contribution >= 4 is 11.9 Å². The second-order valence-corrected chi connectivity index (χ2v) is 5.52. The molecule has 1 aromatic carbocycles. The SMILES string of the molecule is CCC(COCc1ccc(C(F)(F)F)cc1)Nc1nc(C)nc(N)n1. The second-order valence-electron chi connectivity index (χ2n) is 5.52. The van der Waals surface area contributed by atoms with E-state index in [-0.39, 0.29) is 18.6 Å². The van der Waals surface area contributed by atoms with Crippen LogP contribution in [-0.4, -0.2) is 27.6 Å². The standard InChI is InChI=1S/C16H20F3N5O/c1-3-13(23-15-22-10(2)21-14(20)24-15)9-25-8-11-4-6-12(7-5-11)16(17,18)19/h4-7,13H,3,8-9H2,1-2H3,(H3,20,21,22,23,24). The molecule has 1 unspecified atom stereocenters. The van der Waals surface area contributed by atoms with Gasteiger partial charge in [-0.05, 0) is 31.0 Å². The third-order valence-electron chi connectivity index (χ3n) is 3.46. The van der Waals surface area contributed by atoms with E-state index in [9.17, 15) is 13.2 Å². The number of rotatable bonds is 7. The minimum atomic E-state index is -4.33. The highest BCUT2D eigenvalue weighted by Gasteiger charge is 2.29. The highest BCUT2D eigenvalue weighted by molar-refractivity contribution is 5.31. The molecule has 0 aliphatic carbocycles. The lowest BCUT2D eigenvalue weighted by Crippen LogP contribution is -2.26. The van der Waals surface area contributed by atoms with Gasteiger partial charge in [0.2, 0.25) is 11.9 Å². The fourth-order valence-corrected chi connectivity index (χ4v) is 2.12. The zero-order valence-corrected chi connectivity index (χ0v) is 14.0.